The van der Waals surface area contributed by atoms with E-state index >= 15 is 0 Å². The van der Waals surface area contributed by atoms with Gasteiger partial charge in [0.05, 0.1) is 11.5 Å². The van der Waals surface area contributed by atoms with Crippen LogP contribution in [0.2, 0.25) is 0 Å². The first-order valence-electron chi connectivity index (χ1n) is 6.15. The van der Waals surface area contributed by atoms with Gasteiger partial charge in [-0.05, 0) is 12.1 Å². The number of rotatable bonds is 4. The summed E-state index contributed by atoms with van der Waals surface area (Å²) in [7, 11) is 0. The van der Waals surface area contributed by atoms with Crippen LogP contribution in [0.15, 0.2) is 24.3 Å². The second kappa shape index (κ2) is 6.33. The maximum Gasteiger partial charge on any atom is 0.269 e. The number of aliphatic hydroxyl groups is 4. The number of aliphatic hydroxyl groups excluding tert-OH is 4. The van der Waals surface area contributed by atoms with Gasteiger partial charge in [-0.25, -0.2) is 0 Å². The predicted molar refractivity (Wildman–Crippen MR) is 67.5 cm³/mol. The fourth-order valence-electron chi connectivity index (χ4n) is 2.00. The Hall–Kier alpha value is -1.78. The summed E-state index contributed by atoms with van der Waals surface area (Å²) in [6, 6.07) is 4.99. The van der Waals surface area contributed by atoms with Gasteiger partial charge in [0, 0.05) is 12.1 Å². The molecular weight excluding hydrogens is 286 g/mol. The standard InChI is InChI=1S/C12H15NO8/c14-5-8-9(15)10(16)11(12(17)21-8)20-7-3-1-6(2-4-7)13(18)19/h1-4,8-12,14-17H,5H2/t8-,9-,10+,11+,12?/m1/s1. The Labute approximate surface area is 119 Å². The van der Waals surface area contributed by atoms with Crippen LogP contribution in [-0.2, 0) is 4.74 Å². The van der Waals surface area contributed by atoms with Gasteiger partial charge < -0.3 is 29.9 Å². The van der Waals surface area contributed by atoms with Gasteiger partial charge in [0.25, 0.3) is 5.69 Å². The molecule has 0 saturated carbocycles. The van der Waals surface area contributed by atoms with Crippen molar-refractivity contribution in [2.24, 2.45) is 0 Å². The second-order valence-corrected chi connectivity index (χ2v) is 4.56. The summed E-state index contributed by atoms with van der Waals surface area (Å²) in [5, 5.41) is 48.8. The largest absolute Gasteiger partial charge is 0.482 e. The monoisotopic (exact) mass is 301 g/mol. The van der Waals surface area contributed by atoms with Crippen molar-refractivity contribution in [1.82, 2.24) is 0 Å². The van der Waals surface area contributed by atoms with Crippen molar-refractivity contribution < 1.29 is 34.8 Å². The topological polar surface area (TPSA) is 143 Å². The minimum Gasteiger partial charge on any atom is -0.482 e. The molecule has 0 amide bonds. The molecule has 116 valence electrons. The van der Waals surface area contributed by atoms with E-state index in [9.17, 15) is 25.4 Å². The molecule has 9 heteroatoms. The Morgan fingerprint density at radius 3 is 2.33 bits per heavy atom. The summed E-state index contributed by atoms with van der Waals surface area (Å²) in [5.74, 6) is 0.155. The molecule has 1 aromatic rings. The summed E-state index contributed by atoms with van der Waals surface area (Å²) in [5.41, 5.74) is -0.135. The van der Waals surface area contributed by atoms with Crippen molar-refractivity contribution in [3.63, 3.8) is 0 Å². The highest BCUT2D eigenvalue weighted by atomic mass is 16.7. The zero-order valence-electron chi connectivity index (χ0n) is 10.8. The Morgan fingerprint density at radius 2 is 1.81 bits per heavy atom. The first kappa shape index (κ1) is 15.6. The minimum atomic E-state index is -1.56. The van der Waals surface area contributed by atoms with Crippen LogP contribution in [0.4, 0.5) is 5.69 Å². The zero-order chi connectivity index (χ0) is 15.6. The van der Waals surface area contributed by atoms with E-state index in [1.165, 1.54) is 24.3 Å². The van der Waals surface area contributed by atoms with Gasteiger partial charge in [0.2, 0.25) is 0 Å². The van der Waals surface area contributed by atoms with Gasteiger partial charge in [-0.1, -0.05) is 0 Å². The lowest BCUT2D eigenvalue weighted by Crippen LogP contribution is -2.60. The van der Waals surface area contributed by atoms with Gasteiger partial charge in [0.1, 0.15) is 24.1 Å². The van der Waals surface area contributed by atoms with E-state index in [0.29, 0.717) is 0 Å². The van der Waals surface area contributed by atoms with Crippen LogP contribution in [0.1, 0.15) is 0 Å². The van der Waals surface area contributed by atoms with Crippen LogP contribution >= 0.6 is 0 Å². The first-order chi connectivity index (χ1) is 9.93. The van der Waals surface area contributed by atoms with E-state index in [0.717, 1.165) is 0 Å². The van der Waals surface area contributed by atoms with E-state index < -0.39 is 42.2 Å². The smallest absolute Gasteiger partial charge is 0.269 e. The van der Waals surface area contributed by atoms with E-state index in [1.807, 2.05) is 0 Å². The highest BCUT2D eigenvalue weighted by molar-refractivity contribution is 5.36. The molecule has 1 aliphatic heterocycles. The van der Waals surface area contributed by atoms with Gasteiger partial charge in [-0.15, -0.1) is 0 Å². The molecular formula is C12H15NO8. The third-order valence-corrected chi connectivity index (χ3v) is 3.16. The summed E-state index contributed by atoms with van der Waals surface area (Å²) in [6.45, 7) is -0.570. The number of hydrogen-bond acceptors (Lipinski definition) is 8. The van der Waals surface area contributed by atoms with E-state index in [-0.39, 0.29) is 11.4 Å². The fourth-order valence-corrected chi connectivity index (χ4v) is 2.00. The number of nitrogens with zero attached hydrogens (tertiary/aromatic N) is 1. The molecule has 21 heavy (non-hydrogen) atoms. The van der Waals surface area contributed by atoms with Crippen molar-refractivity contribution in [1.29, 1.82) is 0 Å². The van der Waals surface area contributed by atoms with Crippen LogP contribution in [0.25, 0.3) is 0 Å². The summed E-state index contributed by atoms with van der Waals surface area (Å²) in [6.07, 6.45) is -6.88. The molecule has 1 saturated heterocycles. The number of nitro groups is 1. The Kier molecular flexibility index (Phi) is 4.70. The van der Waals surface area contributed by atoms with Gasteiger partial charge >= 0.3 is 0 Å². The van der Waals surface area contributed by atoms with Crippen LogP contribution in [0.5, 0.6) is 5.75 Å². The molecule has 0 aliphatic carbocycles. The second-order valence-electron chi connectivity index (χ2n) is 4.56. The van der Waals surface area contributed by atoms with Crippen LogP contribution in [-0.4, -0.2) is 62.7 Å². The average Bonchev–Trinajstić information content (AvgIpc) is 2.47. The highest BCUT2D eigenvalue weighted by Gasteiger charge is 2.45. The molecule has 0 radical (unpaired) electrons. The summed E-state index contributed by atoms with van der Waals surface area (Å²) < 4.78 is 10.2. The van der Waals surface area contributed by atoms with Crippen LogP contribution in [0, 0.1) is 10.1 Å². The fraction of sp³-hybridized carbons (Fsp3) is 0.500. The number of benzene rings is 1. The molecule has 1 aromatic carbocycles. The van der Waals surface area contributed by atoms with E-state index in [4.69, 9.17) is 14.6 Å². The van der Waals surface area contributed by atoms with Crippen molar-refractivity contribution in [2.75, 3.05) is 6.61 Å². The lowest BCUT2D eigenvalue weighted by Gasteiger charge is -2.39. The molecule has 1 fully saturated rings. The average molecular weight is 301 g/mol. The third kappa shape index (κ3) is 3.28. The van der Waals surface area contributed by atoms with Crippen molar-refractivity contribution in [3.05, 3.63) is 34.4 Å². The molecule has 0 spiro atoms. The maximum absolute atomic E-state index is 10.5. The minimum absolute atomic E-state index is 0.135. The number of non-ortho nitro benzene ring substituents is 1. The van der Waals surface area contributed by atoms with Crippen molar-refractivity contribution >= 4 is 5.69 Å². The predicted octanol–water partition coefficient (Wildman–Crippen LogP) is -1.23. The van der Waals surface area contributed by atoms with Crippen molar-refractivity contribution in [2.45, 2.75) is 30.7 Å². The Morgan fingerprint density at radius 1 is 1.19 bits per heavy atom. The Bertz CT molecular complexity index is 493. The Balaban J connectivity index is 2.09. The highest BCUT2D eigenvalue weighted by Crippen LogP contribution is 2.25. The van der Waals surface area contributed by atoms with E-state index in [2.05, 4.69) is 0 Å². The molecule has 0 aromatic heterocycles. The molecule has 9 nitrogen and oxygen atoms in total. The zero-order valence-corrected chi connectivity index (χ0v) is 10.8. The van der Waals surface area contributed by atoms with E-state index in [1.54, 1.807) is 0 Å². The molecule has 1 aliphatic rings. The molecule has 0 bridgehead atoms. The molecule has 5 atom stereocenters. The molecule has 1 unspecified atom stereocenters. The van der Waals surface area contributed by atoms with Crippen molar-refractivity contribution in [3.8, 4) is 5.75 Å². The molecule has 1 heterocycles. The normalized spacial score (nSPS) is 32.7. The molecule has 2 rings (SSSR count). The summed E-state index contributed by atoms with van der Waals surface area (Å²) >= 11 is 0. The third-order valence-electron chi connectivity index (χ3n) is 3.16. The first-order valence-corrected chi connectivity index (χ1v) is 6.15. The van der Waals surface area contributed by atoms with Crippen LogP contribution in [0.3, 0.4) is 0 Å². The molecule has 4 N–H and O–H groups in total. The van der Waals surface area contributed by atoms with Gasteiger partial charge in [-0.3, -0.25) is 10.1 Å². The lowest BCUT2D eigenvalue weighted by atomic mass is 9.99. The SMILES string of the molecule is O=[N+]([O-])c1ccc(O[C@@H]2C(O)O[C@H](CO)[C@@H](O)[C@@H]2O)cc1. The number of ether oxygens (including phenoxy) is 2. The van der Waals surface area contributed by atoms with Gasteiger partial charge in [-0.2, -0.15) is 0 Å². The van der Waals surface area contributed by atoms with Gasteiger partial charge in [0.15, 0.2) is 12.4 Å². The quantitative estimate of drug-likeness (QED) is 0.400. The summed E-state index contributed by atoms with van der Waals surface area (Å²) in [4.78, 5) is 9.95. The lowest BCUT2D eigenvalue weighted by molar-refractivity contribution is -0.384. The van der Waals surface area contributed by atoms with Crippen LogP contribution < -0.4 is 4.74 Å². The number of nitro benzene ring substituents is 1. The number of hydrogen-bond donors (Lipinski definition) is 4. The maximum atomic E-state index is 10.5.